The predicted molar refractivity (Wildman–Crippen MR) is 64.3 cm³/mol. The molecule has 3 nitrogen and oxygen atoms in total. The van der Waals surface area contributed by atoms with Crippen LogP contribution in [-0.2, 0) is 4.79 Å². The monoisotopic (exact) mass is 239 g/mol. The second kappa shape index (κ2) is 7.01. The molecule has 1 atom stereocenters. The van der Waals surface area contributed by atoms with E-state index in [1.807, 2.05) is 6.92 Å². The number of unbranched alkanes of at least 4 members (excludes halogenated alkanes) is 1. The van der Waals surface area contributed by atoms with Gasteiger partial charge in [0.05, 0.1) is 0 Å². The van der Waals surface area contributed by atoms with Crippen molar-refractivity contribution in [3.63, 3.8) is 0 Å². The first kappa shape index (κ1) is 13.6. The minimum atomic E-state index is -0.753. The summed E-state index contributed by atoms with van der Waals surface area (Å²) in [5.74, 6) is -0.987. The molecular weight excluding hydrogens is 221 g/mol. The Kier molecular flexibility index (Phi) is 5.63. The molecule has 0 spiro atoms. The molecule has 0 saturated carbocycles. The number of nitrogens with one attached hydrogen (secondary N) is 1. The maximum Gasteiger partial charge on any atom is 0.303 e. The Morgan fingerprint density at radius 2 is 2.00 bits per heavy atom. The Bertz CT molecular complexity index is 351. The highest BCUT2D eigenvalue weighted by Gasteiger charge is 2.04. The number of halogens is 1. The standard InChI is InChI=1S/C13H18FNO2/c1-10(11-5-7-12(14)8-6-11)15-9-3-2-4-13(16)17/h5-8,10,15H,2-4,9H2,1H3,(H,16,17)/t10-/m1/s1. The Balaban J connectivity index is 2.23. The van der Waals surface area contributed by atoms with Crippen LogP contribution in [0.4, 0.5) is 4.39 Å². The van der Waals surface area contributed by atoms with E-state index in [1.54, 1.807) is 12.1 Å². The second-order valence-electron chi connectivity index (χ2n) is 4.08. The first-order valence-corrected chi connectivity index (χ1v) is 5.80. The summed E-state index contributed by atoms with van der Waals surface area (Å²) in [4.78, 5) is 10.3. The molecule has 0 aliphatic heterocycles. The Morgan fingerprint density at radius 1 is 1.35 bits per heavy atom. The van der Waals surface area contributed by atoms with E-state index < -0.39 is 5.97 Å². The molecule has 0 unspecified atom stereocenters. The third-order valence-electron chi connectivity index (χ3n) is 2.64. The average Bonchev–Trinajstić information content (AvgIpc) is 2.29. The third kappa shape index (κ3) is 5.45. The number of hydrogen-bond acceptors (Lipinski definition) is 2. The van der Waals surface area contributed by atoms with Crippen LogP contribution in [0.5, 0.6) is 0 Å². The van der Waals surface area contributed by atoms with Gasteiger partial charge in [-0.25, -0.2) is 4.39 Å². The first-order valence-electron chi connectivity index (χ1n) is 5.80. The van der Waals surface area contributed by atoms with Crippen LogP contribution in [-0.4, -0.2) is 17.6 Å². The molecule has 0 aliphatic rings. The summed E-state index contributed by atoms with van der Waals surface area (Å²) in [5, 5.41) is 11.7. The number of rotatable bonds is 7. The van der Waals surface area contributed by atoms with Gasteiger partial charge in [0.25, 0.3) is 0 Å². The van der Waals surface area contributed by atoms with Crippen molar-refractivity contribution in [2.75, 3.05) is 6.54 Å². The Labute approximate surface area is 101 Å². The van der Waals surface area contributed by atoms with Gasteiger partial charge in [-0.05, 0) is 44.0 Å². The topological polar surface area (TPSA) is 49.3 Å². The van der Waals surface area contributed by atoms with E-state index in [-0.39, 0.29) is 18.3 Å². The van der Waals surface area contributed by atoms with Crippen LogP contribution in [0.15, 0.2) is 24.3 Å². The molecule has 1 aromatic rings. The van der Waals surface area contributed by atoms with Gasteiger partial charge in [0, 0.05) is 12.5 Å². The van der Waals surface area contributed by atoms with E-state index >= 15 is 0 Å². The van der Waals surface area contributed by atoms with Crippen LogP contribution in [0.1, 0.15) is 37.8 Å². The lowest BCUT2D eigenvalue weighted by molar-refractivity contribution is -0.137. The number of carbonyl (C=O) groups is 1. The number of aliphatic carboxylic acids is 1. The van der Waals surface area contributed by atoms with Crippen molar-refractivity contribution in [3.8, 4) is 0 Å². The van der Waals surface area contributed by atoms with Gasteiger partial charge in [0.1, 0.15) is 5.82 Å². The minimum absolute atomic E-state index is 0.153. The molecule has 0 aliphatic carbocycles. The molecule has 17 heavy (non-hydrogen) atoms. The van der Waals surface area contributed by atoms with Gasteiger partial charge < -0.3 is 10.4 Å². The predicted octanol–water partition coefficient (Wildman–Crippen LogP) is 2.73. The van der Waals surface area contributed by atoms with Crippen LogP contribution in [0.3, 0.4) is 0 Å². The van der Waals surface area contributed by atoms with Gasteiger partial charge in [0.2, 0.25) is 0 Å². The quantitative estimate of drug-likeness (QED) is 0.719. The van der Waals surface area contributed by atoms with E-state index in [0.717, 1.165) is 18.5 Å². The molecule has 2 N–H and O–H groups in total. The highest BCUT2D eigenvalue weighted by Crippen LogP contribution is 2.12. The lowest BCUT2D eigenvalue weighted by Gasteiger charge is -2.13. The van der Waals surface area contributed by atoms with Crippen molar-refractivity contribution in [2.45, 2.75) is 32.2 Å². The van der Waals surface area contributed by atoms with Gasteiger partial charge in [0.15, 0.2) is 0 Å². The first-order chi connectivity index (χ1) is 8.09. The minimum Gasteiger partial charge on any atom is -0.481 e. The van der Waals surface area contributed by atoms with Gasteiger partial charge in [-0.15, -0.1) is 0 Å². The van der Waals surface area contributed by atoms with E-state index in [1.165, 1.54) is 12.1 Å². The van der Waals surface area contributed by atoms with Crippen molar-refractivity contribution in [3.05, 3.63) is 35.6 Å². The molecule has 0 bridgehead atoms. The number of benzene rings is 1. The summed E-state index contributed by atoms with van der Waals surface area (Å²) >= 11 is 0. The molecule has 1 rings (SSSR count). The van der Waals surface area contributed by atoms with Gasteiger partial charge in [-0.1, -0.05) is 12.1 Å². The average molecular weight is 239 g/mol. The zero-order valence-electron chi connectivity index (χ0n) is 9.95. The molecule has 1 aromatic carbocycles. The van der Waals surface area contributed by atoms with Crippen molar-refractivity contribution >= 4 is 5.97 Å². The molecular formula is C13H18FNO2. The molecule has 0 aromatic heterocycles. The number of carboxylic acid groups (broad SMARTS) is 1. The highest BCUT2D eigenvalue weighted by atomic mass is 19.1. The summed E-state index contributed by atoms with van der Waals surface area (Å²) < 4.78 is 12.7. The van der Waals surface area contributed by atoms with Crippen molar-refractivity contribution in [2.24, 2.45) is 0 Å². The molecule has 0 radical (unpaired) electrons. The molecule has 0 amide bonds. The van der Waals surface area contributed by atoms with E-state index in [4.69, 9.17) is 5.11 Å². The summed E-state index contributed by atoms with van der Waals surface area (Å²) in [7, 11) is 0. The molecule has 0 saturated heterocycles. The number of carboxylic acids is 1. The fourth-order valence-corrected chi connectivity index (χ4v) is 1.59. The smallest absolute Gasteiger partial charge is 0.303 e. The SMILES string of the molecule is C[C@@H](NCCCCC(=O)O)c1ccc(F)cc1. The fourth-order valence-electron chi connectivity index (χ4n) is 1.59. The van der Waals surface area contributed by atoms with Crippen molar-refractivity contribution in [1.82, 2.24) is 5.32 Å². The zero-order valence-corrected chi connectivity index (χ0v) is 9.95. The van der Waals surface area contributed by atoms with Crippen molar-refractivity contribution < 1.29 is 14.3 Å². The summed E-state index contributed by atoms with van der Waals surface area (Å²) in [6.45, 7) is 2.77. The largest absolute Gasteiger partial charge is 0.481 e. The molecule has 0 heterocycles. The maximum absolute atomic E-state index is 12.7. The summed E-state index contributed by atoms with van der Waals surface area (Å²) in [6.07, 6.45) is 1.73. The van der Waals surface area contributed by atoms with E-state index in [2.05, 4.69) is 5.32 Å². The van der Waals surface area contributed by atoms with Crippen molar-refractivity contribution in [1.29, 1.82) is 0 Å². The lowest BCUT2D eigenvalue weighted by atomic mass is 10.1. The third-order valence-corrected chi connectivity index (χ3v) is 2.64. The molecule has 4 heteroatoms. The lowest BCUT2D eigenvalue weighted by Crippen LogP contribution is -2.20. The number of hydrogen-bond donors (Lipinski definition) is 2. The van der Waals surface area contributed by atoms with Gasteiger partial charge in [-0.2, -0.15) is 0 Å². The zero-order chi connectivity index (χ0) is 12.7. The van der Waals surface area contributed by atoms with Gasteiger partial charge >= 0.3 is 5.97 Å². The summed E-state index contributed by atoms with van der Waals surface area (Å²) in [5.41, 5.74) is 1.03. The van der Waals surface area contributed by atoms with Crippen LogP contribution in [0.2, 0.25) is 0 Å². The fraction of sp³-hybridized carbons (Fsp3) is 0.462. The van der Waals surface area contributed by atoms with Crippen LogP contribution in [0, 0.1) is 5.82 Å². The van der Waals surface area contributed by atoms with Crippen LogP contribution < -0.4 is 5.32 Å². The van der Waals surface area contributed by atoms with E-state index in [0.29, 0.717) is 6.42 Å². The molecule has 0 fully saturated rings. The highest BCUT2D eigenvalue weighted by molar-refractivity contribution is 5.66. The second-order valence-corrected chi connectivity index (χ2v) is 4.08. The van der Waals surface area contributed by atoms with E-state index in [9.17, 15) is 9.18 Å². The summed E-state index contributed by atoms with van der Waals surface area (Å²) in [6, 6.07) is 6.55. The Morgan fingerprint density at radius 3 is 2.59 bits per heavy atom. The van der Waals surface area contributed by atoms with Gasteiger partial charge in [-0.3, -0.25) is 4.79 Å². The Hall–Kier alpha value is -1.42. The van der Waals surface area contributed by atoms with Crippen LogP contribution in [0.25, 0.3) is 0 Å². The normalized spacial score (nSPS) is 12.4. The maximum atomic E-state index is 12.7. The molecule has 94 valence electrons. The van der Waals surface area contributed by atoms with Crippen LogP contribution >= 0.6 is 0 Å².